The van der Waals surface area contributed by atoms with E-state index in [4.69, 9.17) is 9.47 Å². The maximum absolute atomic E-state index is 12.4. The van der Waals surface area contributed by atoms with Gasteiger partial charge in [0.15, 0.2) is 0 Å². The van der Waals surface area contributed by atoms with Crippen molar-refractivity contribution in [3.63, 3.8) is 0 Å². The maximum Gasteiger partial charge on any atom is 0.334 e. The van der Waals surface area contributed by atoms with E-state index in [1.807, 2.05) is 6.92 Å². The second kappa shape index (κ2) is 7.19. The number of hydrogen-bond acceptors (Lipinski definition) is 4. The van der Waals surface area contributed by atoms with Crippen molar-refractivity contribution >= 4 is 11.9 Å². The van der Waals surface area contributed by atoms with Gasteiger partial charge in [0.05, 0.1) is 6.08 Å². The second-order valence-electron chi connectivity index (χ2n) is 7.90. The van der Waals surface area contributed by atoms with Gasteiger partial charge in [-0.2, -0.15) is 0 Å². The predicted molar refractivity (Wildman–Crippen MR) is 97.6 cm³/mol. The number of ether oxygens (including phenoxy) is 2. The molecular weight excluding hydrogens is 316 g/mol. The van der Waals surface area contributed by atoms with Crippen LogP contribution >= 0.6 is 0 Å². The molecule has 1 fully saturated rings. The molecule has 138 valence electrons. The topological polar surface area (TPSA) is 52.6 Å². The quantitative estimate of drug-likeness (QED) is 0.316. The van der Waals surface area contributed by atoms with Gasteiger partial charge in [0.1, 0.15) is 11.4 Å². The van der Waals surface area contributed by atoms with Crippen LogP contribution in [-0.4, -0.2) is 17.5 Å². The van der Waals surface area contributed by atoms with Crippen LogP contribution in [0.25, 0.3) is 0 Å². The van der Waals surface area contributed by atoms with Gasteiger partial charge in [0.25, 0.3) is 0 Å². The number of esters is 2. The molecule has 0 unspecified atom stereocenters. The van der Waals surface area contributed by atoms with Crippen LogP contribution in [0, 0.1) is 11.3 Å². The second-order valence-corrected chi connectivity index (χ2v) is 7.90. The molecule has 0 aliphatic heterocycles. The summed E-state index contributed by atoms with van der Waals surface area (Å²) in [7, 11) is 0. The molecule has 2 aliphatic rings. The van der Waals surface area contributed by atoms with E-state index in [0.29, 0.717) is 5.92 Å². The fourth-order valence-corrected chi connectivity index (χ4v) is 4.26. The number of hydrogen-bond donors (Lipinski definition) is 0. The number of carbonyl (C=O) groups is 2. The third-order valence-corrected chi connectivity index (χ3v) is 5.93. The monoisotopic (exact) mass is 346 g/mol. The van der Waals surface area contributed by atoms with Gasteiger partial charge in [-0.15, -0.1) is 0 Å². The van der Waals surface area contributed by atoms with Crippen molar-refractivity contribution in [3.05, 3.63) is 35.6 Å². The standard InChI is InChI=1S/C21H30O4/c1-14(2)17-9-10-18-8-7-11-21(6,20(18,5)13-17)25-19(23)12-15(3)24-16(4)22/h10,12,17H,1,7-9,11,13H2,2-6H3/b15-12+/t17-,20-,21-/m1/s1. The summed E-state index contributed by atoms with van der Waals surface area (Å²) in [5.74, 6) is -0.232. The lowest BCUT2D eigenvalue weighted by Gasteiger charge is -2.53. The Kier molecular flexibility index (Phi) is 5.60. The molecule has 4 nitrogen and oxygen atoms in total. The van der Waals surface area contributed by atoms with Crippen molar-refractivity contribution in [2.24, 2.45) is 11.3 Å². The first-order valence-corrected chi connectivity index (χ1v) is 9.02. The minimum Gasteiger partial charge on any atom is -0.455 e. The van der Waals surface area contributed by atoms with Gasteiger partial charge in [-0.3, -0.25) is 4.79 Å². The smallest absolute Gasteiger partial charge is 0.334 e. The van der Waals surface area contributed by atoms with E-state index >= 15 is 0 Å². The molecule has 0 N–H and O–H groups in total. The zero-order valence-electron chi connectivity index (χ0n) is 16.1. The molecule has 0 saturated heterocycles. The molecule has 0 heterocycles. The zero-order chi connectivity index (χ0) is 18.8. The van der Waals surface area contributed by atoms with E-state index in [0.717, 1.165) is 32.1 Å². The van der Waals surface area contributed by atoms with Gasteiger partial charge in [-0.1, -0.05) is 30.7 Å². The van der Waals surface area contributed by atoms with Crippen LogP contribution < -0.4 is 0 Å². The normalized spacial score (nSPS) is 32.3. The third kappa shape index (κ3) is 4.05. The molecule has 0 bridgehead atoms. The van der Waals surface area contributed by atoms with Crippen LogP contribution in [0.3, 0.4) is 0 Å². The fourth-order valence-electron chi connectivity index (χ4n) is 4.26. The fraction of sp³-hybridized carbons (Fsp3) is 0.619. The molecule has 0 amide bonds. The van der Waals surface area contributed by atoms with E-state index < -0.39 is 17.5 Å². The Balaban J connectivity index is 2.24. The number of fused-ring (bicyclic) bond motifs is 1. The average Bonchev–Trinajstić information content (AvgIpc) is 2.46. The summed E-state index contributed by atoms with van der Waals surface area (Å²) in [6.07, 6.45) is 8.46. The Labute approximate surface area is 151 Å². The molecule has 0 aromatic rings. The van der Waals surface area contributed by atoms with Crippen LogP contribution in [0.15, 0.2) is 35.6 Å². The lowest BCUT2D eigenvalue weighted by Crippen LogP contribution is -2.52. The molecule has 3 atom stereocenters. The summed E-state index contributed by atoms with van der Waals surface area (Å²) < 4.78 is 10.9. The lowest BCUT2D eigenvalue weighted by atomic mass is 9.55. The van der Waals surface area contributed by atoms with Gasteiger partial charge in [-0.25, -0.2) is 4.79 Å². The van der Waals surface area contributed by atoms with Gasteiger partial charge in [0.2, 0.25) is 0 Å². The van der Waals surface area contributed by atoms with E-state index in [1.54, 1.807) is 6.92 Å². The number of carbonyl (C=O) groups excluding carboxylic acids is 2. The van der Waals surface area contributed by atoms with Crippen molar-refractivity contribution in [1.82, 2.24) is 0 Å². The van der Waals surface area contributed by atoms with Crippen molar-refractivity contribution < 1.29 is 19.1 Å². The van der Waals surface area contributed by atoms with E-state index in [-0.39, 0.29) is 11.2 Å². The van der Waals surface area contributed by atoms with Crippen LogP contribution in [0.1, 0.15) is 66.7 Å². The van der Waals surface area contributed by atoms with Crippen LogP contribution in [0.2, 0.25) is 0 Å². The highest BCUT2D eigenvalue weighted by molar-refractivity contribution is 5.83. The summed E-state index contributed by atoms with van der Waals surface area (Å²) in [5, 5.41) is 0. The van der Waals surface area contributed by atoms with Crippen LogP contribution in [0.5, 0.6) is 0 Å². The minimum absolute atomic E-state index is 0.189. The van der Waals surface area contributed by atoms with Crippen molar-refractivity contribution in [1.29, 1.82) is 0 Å². The maximum atomic E-state index is 12.4. The Hall–Kier alpha value is -1.84. The largest absolute Gasteiger partial charge is 0.455 e. The molecule has 1 saturated carbocycles. The molecule has 2 aliphatic carbocycles. The third-order valence-electron chi connectivity index (χ3n) is 5.93. The summed E-state index contributed by atoms with van der Waals surface area (Å²) in [6, 6.07) is 0. The summed E-state index contributed by atoms with van der Waals surface area (Å²) in [6.45, 7) is 13.3. The molecule has 0 radical (unpaired) electrons. The number of allylic oxidation sites excluding steroid dienone is 3. The first kappa shape index (κ1) is 19.5. The van der Waals surface area contributed by atoms with E-state index in [1.165, 1.54) is 24.1 Å². The van der Waals surface area contributed by atoms with Gasteiger partial charge in [0, 0.05) is 12.3 Å². The Morgan fingerprint density at radius 2 is 1.96 bits per heavy atom. The number of rotatable bonds is 4. The summed E-state index contributed by atoms with van der Waals surface area (Å²) >= 11 is 0. The Bertz CT molecular complexity index is 642. The first-order chi connectivity index (χ1) is 11.6. The van der Waals surface area contributed by atoms with E-state index in [9.17, 15) is 9.59 Å². The predicted octanol–water partition coefficient (Wildman–Crippen LogP) is 4.86. The van der Waals surface area contributed by atoms with Crippen molar-refractivity contribution in [2.75, 3.05) is 0 Å². The van der Waals surface area contributed by atoms with Crippen LogP contribution in [0.4, 0.5) is 0 Å². The average molecular weight is 346 g/mol. The molecule has 0 aromatic carbocycles. The van der Waals surface area contributed by atoms with Gasteiger partial charge >= 0.3 is 11.9 Å². The van der Waals surface area contributed by atoms with E-state index in [2.05, 4.69) is 26.5 Å². The zero-order valence-corrected chi connectivity index (χ0v) is 16.1. The highest BCUT2D eigenvalue weighted by Gasteiger charge is 2.53. The molecule has 25 heavy (non-hydrogen) atoms. The van der Waals surface area contributed by atoms with Crippen molar-refractivity contribution in [3.8, 4) is 0 Å². The molecule has 0 spiro atoms. The Morgan fingerprint density at radius 3 is 2.56 bits per heavy atom. The molecule has 0 aromatic heterocycles. The molecule has 4 heteroatoms. The Morgan fingerprint density at radius 1 is 1.28 bits per heavy atom. The highest BCUT2D eigenvalue weighted by Crippen LogP contribution is 2.56. The summed E-state index contributed by atoms with van der Waals surface area (Å²) in [5.41, 5.74) is 1.81. The van der Waals surface area contributed by atoms with Crippen molar-refractivity contribution in [2.45, 2.75) is 72.3 Å². The first-order valence-electron chi connectivity index (χ1n) is 9.02. The highest BCUT2D eigenvalue weighted by atomic mass is 16.6. The minimum atomic E-state index is -0.574. The molecular formula is C21H30O4. The lowest BCUT2D eigenvalue weighted by molar-refractivity contribution is -0.170. The van der Waals surface area contributed by atoms with Gasteiger partial charge in [-0.05, 0) is 58.8 Å². The van der Waals surface area contributed by atoms with Gasteiger partial charge < -0.3 is 9.47 Å². The van der Waals surface area contributed by atoms with Crippen LogP contribution in [-0.2, 0) is 19.1 Å². The summed E-state index contributed by atoms with van der Waals surface area (Å²) in [4.78, 5) is 23.4. The molecule has 2 rings (SSSR count). The SMILES string of the molecule is C=C(C)[C@@H]1CC=C2CCC[C@@](C)(OC(=O)/C=C(\C)OC(C)=O)[C@]2(C)C1.